The molecule has 1 aromatic heterocycles. The zero-order valence-electron chi connectivity index (χ0n) is 11.1. The predicted molar refractivity (Wildman–Crippen MR) is 85.9 cm³/mol. The van der Waals surface area contributed by atoms with E-state index >= 15 is 0 Å². The minimum absolute atomic E-state index is 0.0899. The third-order valence-electron chi connectivity index (χ3n) is 3.21. The van der Waals surface area contributed by atoms with Gasteiger partial charge in [-0.1, -0.05) is 29.3 Å². The lowest BCUT2D eigenvalue weighted by molar-refractivity contribution is 0.530. The standard InChI is InChI=1S/C13H15BrCl2N4/c1-7-13(16)12(20(2)19-7)6-11(18-17)8-3-4-9(14)10(15)5-8/h3-5,11,18H,6,17H2,1-2H3. The van der Waals surface area contributed by atoms with E-state index in [1.54, 1.807) is 4.68 Å². The number of rotatable bonds is 4. The second-order valence-electron chi connectivity index (χ2n) is 4.57. The van der Waals surface area contributed by atoms with Gasteiger partial charge >= 0.3 is 0 Å². The number of aromatic nitrogens is 2. The summed E-state index contributed by atoms with van der Waals surface area (Å²) < 4.78 is 2.63. The zero-order valence-corrected chi connectivity index (χ0v) is 14.2. The number of hydrazine groups is 1. The number of hydrogen-bond donors (Lipinski definition) is 2. The molecule has 0 saturated carbocycles. The lowest BCUT2D eigenvalue weighted by Crippen LogP contribution is -2.30. The average Bonchev–Trinajstić information content (AvgIpc) is 2.65. The molecule has 0 fully saturated rings. The van der Waals surface area contributed by atoms with E-state index in [1.807, 2.05) is 32.2 Å². The highest BCUT2D eigenvalue weighted by Gasteiger charge is 2.18. The summed E-state index contributed by atoms with van der Waals surface area (Å²) in [6.07, 6.45) is 0.630. The normalized spacial score (nSPS) is 12.7. The molecule has 2 rings (SSSR count). The molecule has 0 bridgehead atoms. The van der Waals surface area contributed by atoms with Crippen LogP contribution in [0.3, 0.4) is 0 Å². The van der Waals surface area contributed by atoms with Crippen LogP contribution in [0.15, 0.2) is 22.7 Å². The van der Waals surface area contributed by atoms with E-state index in [0.717, 1.165) is 21.4 Å². The van der Waals surface area contributed by atoms with Crippen LogP contribution in [0, 0.1) is 6.92 Å². The monoisotopic (exact) mass is 376 g/mol. The number of benzene rings is 1. The third kappa shape index (κ3) is 3.18. The highest BCUT2D eigenvalue weighted by atomic mass is 79.9. The van der Waals surface area contributed by atoms with E-state index in [4.69, 9.17) is 29.0 Å². The van der Waals surface area contributed by atoms with Crippen molar-refractivity contribution in [3.05, 3.63) is 49.7 Å². The van der Waals surface area contributed by atoms with Crippen molar-refractivity contribution in [2.75, 3.05) is 0 Å². The van der Waals surface area contributed by atoms with Crippen molar-refractivity contribution in [1.82, 2.24) is 15.2 Å². The molecule has 4 nitrogen and oxygen atoms in total. The van der Waals surface area contributed by atoms with Gasteiger partial charge in [0.1, 0.15) is 0 Å². The molecule has 0 aliphatic rings. The van der Waals surface area contributed by atoms with Gasteiger partial charge in [0, 0.05) is 17.9 Å². The van der Waals surface area contributed by atoms with Crippen molar-refractivity contribution in [2.24, 2.45) is 12.9 Å². The first-order chi connectivity index (χ1) is 9.43. The molecular formula is C13H15BrCl2N4. The van der Waals surface area contributed by atoms with E-state index in [9.17, 15) is 0 Å². The molecule has 0 aliphatic carbocycles. The van der Waals surface area contributed by atoms with Gasteiger partial charge < -0.3 is 0 Å². The maximum absolute atomic E-state index is 6.27. The SMILES string of the molecule is Cc1nn(C)c(CC(NN)c2ccc(Br)c(Cl)c2)c1Cl. The Labute approximate surface area is 136 Å². The third-order valence-corrected chi connectivity index (χ3v) is 4.93. The van der Waals surface area contributed by atoms with Gasteiger partial charge in [-0.05, 0) is 40.5 Å². The number of halogens is 3. The molecule has 7 heteroatoms. The average molecular weight is 378 g/mol. The Morgan fingerprint density at radius 1 is 1.45 bits per heavy atom. The van der Waals surface area contributed by atoms with Crippen LogP contribution in [0.25, 0.3) is 0 Å². The van der Waals surface area contributed by atoms with Gasteiger partial charge in [-0.3, -0.25) is 16.0 Å². The molecule has 20 heavy (non-hydrogen) atoms. The summed E-state index contributed by atoms with van der Waals surface area (Å²) in [5, 5.41) is 5.63. The molecule has 0 radical (unpaired) electrons. The summed E-state index contributed by atoms with van der Waals surface area (Å²) in [5.74, 6) is 5.67. The van der Waals surface area contributed by atoms with Crippen LogP contribution in [-0.2, 0) is 13.5 Å². The molecular weight excluding hydrogens is 363 g/mol. The molecule has 0 amide bonds. The van der Waals surface area contributed by atoms with Crippen molar-refractivity contribution in [1.29, 1.82) is 0 Å². The lowest BCUT2D eigenvalue weighted by Gasteiger charge is -2.17. The van der Waals surface area contributed by atoms with Gasteiger partial charge in [-0.25, -0.2) is 0 Å². The van der Waals surface area contributed by atoms with Crippen LogP contribution in [0.5, 0.6) is 0 Å². The molecule has 2 aromatic rings. The van der Waals surface area contributed by atoms with E-state index < -0.39 is 0 Å². The number of aryl methyl sites for hydroxylation is 2. The minimum atomic E-state index is -0.0899. The Morgan fingerprint density at radius 3 is 2.65 bits per heavy atom. The van der Waals surface area contributed by atoms with Crippen LogP contribution in [-0.4, -0.2) is 9.78 Å². The molecule has 3 N–H and O–H groups in total. The highest BCUT2D eigenvalue weighted by molar-refractivity contribution is 9.10. The van der Waals surface area contributed by atoms with Crippen LogP contribution in [0.2, 0.25) is 10.0 Å². The maximum Gasteiger partial charge on any atom is 0.0847 e. The predicted octanol–water partition coefficient (Wildman–Crippen LogP) is 3.54. The first-order valence-corrected chi connectivity index (χ1v) is 7.58. The second-order valence-corrected chi connectivity index (χ2v) is 6.21. The molecule has 0 spiro atoms. The zero-order chi connectivity index (χ0) is 14.9. The first kappa shape index (κ1) is 15.8. The van der Waals surface area contributed by atoms with Gasteiger partial charge in [-0.2, -0.15) is 5.10 Å². The van der Waals surface area contributed by atoms with Gasteiger partial charge in [0.15, 0.2) is 0 Å². The van der Waals surface area contributed by atoms with E-state index in [1.165, 1.54) is 0 Å². The first-order valence-electron chi connectivity index (χ1n) is 6.03. The Kier molecular flexibility index (Phi) is 5.09. The minimum Gasteiger partial charge on any atom is -0.271 e. The van der Waals surface area contributed by atoms with E-state index in [-0.39, 0.29) is 6.04 Å². The number of nitrogens with two attached hydrogens (primary N) is 1. The molecule has 0 aliphatic heterocycles. The summed E-state index contributed by atoms with van der Waals surface area (Å²) in [6.45, 7) is 1.88. The Hall–Kier alpha value is -0.590. The lowest BCUT2D eigenvalue weighted by atomic mass is 10.0. The van der Waals surface area contributed by atoms with Gasteiger partial charge in [-0.15, -0.1) is 0 Å². The van der Waals surface area contributed by atoms with Crippen LogP contribution in [0.4, 0.5) is 0 Å². The summed E-state index contributed by atoms with van der Waals surface area (Å²) in [5.41, 5.74) is 5.55. The van der Waals surface area contributed by atoms with Crippen molar-refractivity contribution < 1.29 is 0 Å². The van der Waals surface area contributed by atoms with Crippen LogP contribution >= 0.6 is 39.1 Å². The number of nitrogens with zero attached hydrogens (tertiary/aromatic N) is 2. The van der Waals surface area contributed by atoms with Gasteiger partial charge in [0.25, 0.3) is 0 Å². The Morgan fingerprint density at radius 2 is 2.15 bits per heavy atom. The molecule has 108 valence electrons. The summed E-state index contributed by atoms with van der Waals surface area (Å²) >= 11 is 15.8. The fourth-order valence-corrected chi connectivity index (χ4v) is 2.77. The largest absolute Gasteiger partial charge is 0.271 e. The number of hydrogen-bond acceptors (Lipinski definition) is 3. The second kappa shape index (κ2) is 6.45. The van der Waals surface area contributed by atoms with Crippen LogP contribution in [0.1, 0.15) is 23.0 Å². The maximum atomic E-state index is 6.27. The fourth-order valence-electron chi connectivity index (χ4n) is 2.10. The highest BCUT2D eigenvalue weighted by Crippen LogP contribution is 2.29. The van der Waals surface area contributed by atoms with E-state index in [0.29, 0.717) is 16.5 Å². The van der Waals surface area contributed by atoms with Crippen molar-refractivity contribution in [3.63, 3.8) is 0 Å². The molecule has 1 aromatic carbocycles. The number of nitrogens with one attached hydrogen (secondary N) is 1. The van der Waals surface area contributed by atoms with Crippen LogP contribution < -0.4 is 11.3 Å². The molecule has 0 saturated heterocycles. The quantitative estimate of drug-likeness (QED) is 0.632. The Bertz CT molecular complexity index is 627. The van der Waals surface area contributed by atoms with Crippen molar-refractivity contribution in [3.8, 4) is 0 Å². The molecule has 1 heterocycles. The van der Waals surface area contributed by atoms with Gasteiger partial charge in [0.05, 0.1) is 27.5 Å². The van der Waals surface area contributed by atoms with Gasteiger partial charge in [0.2, 0.25) is 0 Å². The smallest absolute Gasteiger partial charge is 0.0847 e. The molecule has 1 atom stereocenters. The fraction of sp³-hybridized carbons (Fsp3) is 0.308. The van der Waals surface area contributed by atoms with Crippen molar-refractivity contribution >= 4 is 39.1 Å². The summed E-state index contributed by atoms with van der Waals surface area (Å²) in [4.78, 5) is 0. The van der Waals surface area contributed by atoms with E-state index in [2.05, 4.69) is 26.5 Å². The summed E-state index contributed by atoms with van der Waals surface area (Å²) in [6, 6.07) is 5.66. The Balaban J connectivity index is 2.31. The topological polar surface area (TPSA) is 55.9 Å². The molecule has 1 unspecified atom stereocenters. The summed E-state index contributed by atoms with van der Waals surface area (Å²) in [7, 11) is 1.87. The van der Waals surface area contributed by atoms with Crippen molar-refractivity contribution in [2.45, 2.75) is 19.4 Å².